The molecule has 0 unspecified atom stereocenters. The Bertz CT molecular complexity index is 544. The van der Waals surface area contributed by atoms with Gasteiger partial charge in [0.25, 0.3) is 0 Å². The second-order valence-electron chi connectivity index (χ2n) is 6.98. The highest BCUT2D eigenvalue weighted by Gasteiger charge is 2.21. The lowest BCUT2D eigenvalue weighted by Crippen LogP contribution is -2.53. The van der Waals surface area contributed by atoms with Gasteiger partial charge in [0, 0.05) is 58.8 Å². The zero-order chi connectivity index (χ0) is 18.0. The Labute approximate surface area is 180 Å². The molecule has 2 aliphatic rings. The maximum Gasteiger partial charge on any atom is 0.225 e. The smallest absolute Gasteiger partial charge is 0.225 e. The lowest BCUT2D eigenvalue weighted by molar-refractivity contribution is 0.0276. The predicted octanol–water partition coefficient (Wildman–Crippen LogP) is 2.53. The number of rotatable bonds is 6. The van der Waals surface area contributed by atoms with Crippen LogP contribution in [0.15, 0.2) is 23.5 Å². The molecule has 1 aromatic rings. The molecule has 1 saturated carbocycles. The van der Waals surface area contributed by atoms with Gasteiger partial charge in [0.15, 0.2) is 5.96 Å². The Kier molecular flexibility index (Phi) is 10.1. The molecular formula is C19H33IN6O. The summed E-state index contributed by atoms with van der Waals surface area (Å²) in [5.74, 6) is 1.80. The van der Waals surface area contributed by atoms with Gasteiger partial charge in [0.05, 0.1) is 6.10 Å². The molecule has 7 nitrogen and oxygen atoms in total. The normalized spacial score (nSPS) is 18.9. The molecule has 0 aromatic carbocycles. The fraction of sp³-hybridized carbons (Fsp3) is 0.737. The van der Waals surface area contributed by atoms with Crippen molar-refractivity contribution < 1.29 is 4.74 Å². The van der Waals surface area contributed by atoms with Gasteiger partial charge in [-0.1, -0.05) is 19.3 Å². The van der Waals surface area contributed by atoms with Crippen LogP contribution >= 0.6 is 24.0 Å². The molecule has 27 heavy (non-hydrogen) atoms. The maximum atomic E-state index is 5.99. The topological polar surface area (TPSA) is 65.9 Å². The van der Waals surface area contributed by atoms with Gasteiger partial charge in [0.1, 0.15) is 0 Å². The summed E-state index contributed by atoms with van der Waals surface area (Å²) in [7, 11) is 1.85. The van der Waals surface area contributed by atoms with Gasteiger partial charge in [0.2, 0.25) is 5.95 Å². The minimum absolute atomic E-state index is 0. The van der Waals surface area contributed by atoms with Crippen LogP contribution in [0.25, 0.3) is 0 Å². The van der Waals surface area contributed by atoms with Gasteiger partial charge in [-0.3, -0.25) is 4.99 Å². The highest BCUT2D eigenvalue weighted by molar-refractivity contribution is 14.0. The molecule has 1 aromatic heterocycles. The van der Waals surface area contributed by atoms with Crippen LogP contribution in [0.5, 0.6) is 0 Å². The second kappa shape index (κ2) is 12.3. The minimum Gasteiger partial charge on any atom is -0.378 e. The number of hydrogen-bond acceptors (Lipinski definition) is 5. The lowest BCUT2D eigenvalue weighted by atomic mass is 9.98. The van der Waals surface area contributed by atoms with Crippen molar-refractivity contribution in [3.05, 3.63) is 18.5 Å². The summed E-state index contributed by atoms with van der Waals surface area (Å²) in [4.78, 5) is 17.6. The number of aromatic nitrogens is 2. The largest absolute Gasteiger partial charge is 0.378 e. The Morgan fingerprint density at radius 3 is 2.52 bits per heavy atom. The van der Waals surface area contributed by atoms with Gasteiger partial charge in [-0.2, -0.15) is 0 Å². The standard InChI is InChI=1S/C19H32N6O.HI/c1-20-18(21-11-6-16-26-17-7-3-2-4-8-17)24-12-14-25(15-13-24)19-22-9-5-10-23-19;/h5,9-10,17H,2-4,6-8,11-16H2,1H3,(H,20,21);1H. The number of aliphatic imine (C=N–C) groups is 1. The summed E-state index contributed by atoms with van der Waals surface area (Å²) >= 11 is 0. The zero-order valence-electron chi connectivity index (χ0n) is 16.3. The molecular weight excluding hydrogens is 455 g/mol. The number of nitrogens with zero attached hydrogens (tertiary/aromatic N) is 5. The molecule has 2 fully saturated rings. The zero-order valence-corrected chi connectivity index (χ0v) is 18.7. The van der Waals surface area contributed by atoms with Crippen LogP contribution in [0.2, 0.25) is 0 Å². The Hall–Kier alpha value is -1.16. The molecule has 152 valence electrons. The summed E-state index contributed by atoms with van der Waals surface area (Å²) in [6, 6.07) is 1.85. The van der Waals surface area contributed by atoms with E-state index < -0.39 is 0 Å². The first kappa shape index (κ1) is 22.1. The highest BCUT2D eigenvalue weighted by atomic mass is 127. The average molecular weight is 488 g/mol. The maximum absolute atomic E-state index is 5.99. The summed E-state index contributed by atoms with van der Waals surface area (Å²) in [6.45, 7) is 5.42. The molecule has 3 rings (SSSR count). The van der Waals surface area contributed by atoms with Crippen molar-refractivity contribution in [1.82, 2.24) is 20.2 Å². The van der Waals surface area contributed by atoms with Crippen LogP contribution in [0.3, 0.4) is 0 Å². The molecule has 1 saturated heterocycles. The molecule has 0 spiro atoms. The van der Waals surface area contributed by atoms with Crippen molar-refractivity contribution in [2.24, 2.45) is 4.99 Å². The first-order chi connectivity index (χ1) is 12.9. The fourth-order valence-electron chi connectivity index (χ4n) is 3.66. The van der Waals surface area contributed by atoms with Crippen molar-refractivity contribution >= 4 is 35.9 Å². The van der Waals surface area contributed by atoms with E-state index in [-0.39, 0.29) is 24.0 Å². The monoisotopic (exact) mass is 488 g/mol. The van der Waals surface area contributed by atoms with E-state index in [9.17, 15) is 0 Å². The van der Waals surface area contributed by atoms with Crippen molar-refractivity contribution in [2.45, 2.75) is 44.6 Å². The van der Waals surface area contributed by atoms with E-state index in [1.807, 2.05) is 13.1 Å². The SMILES string of the molecule is CN=C(NCCCOC1CCCCC1)N1CCN(c2ncccn2)CC1.I. The van der Waals surface area contributed by atoms with Crippen LogP contribution in [0, 0.1) is 0 Å². The number of nitrogens with one attached hydrogen (secondary N) is 1. The number of hydrogen-bond donors (Lipinski definition) is 1. The van der Waals surface area contributed by atoms with Crippen LogP contribution in [0.1, 0.15) is 38.5 Å². The summed E-state index contributed by atoms with van der Waals surface area (Å²) in [6.07, 6.45) is 11.6. The lowest BCUT2D eigenvalue weighted by Gasteiger charge is -2.36. The molecule has 1 aliphatic carbocycles. The predicted molar refractivity (Wildman–Crippen MR) is 120 cm³/mol. The summed E-state index contributed by atoms with van der Waals surface area (Å²) in [5, 5.41) is 3.48. The number of ether oxygens (including phenoxy) is 1. The van der Waals surface area contributed by atoms with Crippen LogP contribution in [0.4, 0.5) is 5.95 Å². The van der Waals surface area contributed by atoms with Crippen molar-refractivity contribution in [3.63, 3.8) is 0 Å². The fourth-order valence-corrected chi connectivity index (χ4v) is 3.66. The van der Waals surface area contributed by atoms with Crippen LogP contribution in [-0.2, 0) is 4.74 Å². The Morgan fingerprint density at radius 2 is 1.85 bits per heavy atom. The van der Waals surface area contributed by atoms with E-state index in [4.69, 9.17) is 4.74 Å². The molecule has 1 aliphatic heterocycles. The third-order valence-electron chi connectivity index (χ3n) is 5.14. The molecule has 2 heterocycles. The first-order valence-electron chi connectivity index (χ1n) is 9.96. The average Bonchev–Trinajstić information content (AvgIpc) is 2.72. The van der Waals surface area contributed by atoms with Crippen molar-refractivity contribution in [3.8, 4) is 0 Å². The molecule has 0 amide bonds. The Morgan fingerprint density at radius 1 is 1.15 bits per heavy atom. The van der Waals surface area contributed by atoms with E-state index in [2.05, 4.69) is 30.1 Å². The molecule has 1 N–H and O–H groups in total. The van der Waals surface area contributed by atoms with Crippen molar-refractivity contribution in [1.29, 1.82) is 0 Å². The highest BCUT2D eigenvalue weighted by Crippen LogP contribution is 2.20. The van der Waals surface area contributed by atoms with E-state index in [0.717, 1.165) is 57.7 Å². The van der Waals surface area contributed by atoms with Gasteiger partial charge in [-0.25, -0.2) is 9.97 Å². The number of anilines is 1. The summed E-state index contributed by atoms with van der Waals surface area (Å²) < 4.78 is 5.99. The molecule has 8 heteroatoms. The third-order valence-corrected chi connectivity index (χ3v) is 5.14. The van der Waals surface area contributed by atoms with Crippen molar-refractivity contribution in [2.75, 3.05) is 51.3 Å². The third kappa shape index (κ3) is 7.06. The van der Waals surface area contributed by atoms with Crippen LogP contribution in [-0.4, -0.2) is 73.3 Å². The van der Waals surface area contributed by atoms with E-state index in [1.165, 1.54) is 32.1 Å². The number of guanidine groups is 1. The molecule has 0 bridgehead atoms. The van der Waals surface area contributed by atoms with Gasteiger partial charge >= 0.3 is 0 Å². The van der Waals surface area contributed by atoms with Gasteiger partial charge in [-0.05, 0) is 25.3 Å². The molecule has 0 radical (unpaired) electrons. The number of piperazine rings is 1. The summed E-state index contributed by atoms with van der Waals surface area (Å²) in [5.41, 5.74) is 0. The van der Waals surface area contributed by atoms with E-state index >= 15 is 0 Å². The quantitative estimate of drug-likeness (QED) is 0.288. The first-order valence-corrected chi connectivity index (χ1v) is 9.96. The van der Waals surface area contributed by atoms with E-state index in [1.54, 1.807) is 12.4 Å². The van der Waals surface area contributed by atoms with E-state index in [0.29, 0.717) is 6.10 Å². The second-order valence-corrected chi connectivity index (χ2v) is 6.98. The van der Waals surface area contributed by atoms with Gasteiger partial charge < -0.3 is 19.9 Å². The Balaban J connectivity index is 0.00000261. The van der Waals surface area contributed by atoms with Crippen LogP contribution < -0.4 is 10.2 Å². The minimum atomic E-state index is 0. The number of halogens is 1. The van der Waals surface area contributed by atoms with Gasteiger partial charge in [-0.15, -0.1) is 24.0 Å². The molecule has 0 atom stereocenters.